The highest BCUT2D eigenvalue weighted by Gasteiger charge is 2.53. The number of carbonyl (C=O) groups is 2. The Labute approximate surface area is 109 Å². The number of hydrogen-bond donors (Lipinski definition) is 2. The van der Waals surface area contributed by atoms with Gasteiger partial charge < -0.3 is 10.2 Å². The van der Waals surface area contributed by atoms with Gasteiger partial charge in [0.05, 0.1) is 0 Å². The highest BCUT2D eigenvalue weighted by atomic mass is 16.4. The van der Waals surface area contributed by atoms with Crippen molar-refractivity contribution in [2.75, 3.05) is 0 Å². The summed E-state index contributed by atoms with van der Waals surface area (Å²) >= 11 is 0. The molecular weight excluding hydrogens is 232 g/mol. The molecule has 0 atom stereocenters. The lowest BCUT2D eigenvalue weighted by atomic mass is 9.64. The van der Waals surface area contributed by atoms with E-state index in [1.165, 1.54) is 13.3 Å². The normalized spacial score (nSPS) is 12.4. The third-order valence-electron chi connectivity index (χ3n) is 4.11. The van der Waals surface area contributed by atoms with E-state index in [0.29, 0.717) is 6.42 Å². The maximum Gasteiger partial charge on any atom is 0.321 e. The standard InChI is InChI=1S/C14H26O4/c1-5-6-7-8-9-10-13(2,3)14(4,11(15)16)12(17)18/h5-10H2,1-4H3,(H,15,16)(H,17,18). The molecule has 2 N–H and O–H groups in total. The second-order valence-electron chi connectivity index (χ2n) is 5.78. The predicted octanol–water partition coefficient (Wildman–Crippen LogP) is 3.55. The maximum absolute atomic E-state index is 11.3. The number of rotatable bonds is 9. The molecule has 106 valence electrons. The van der Waals surface area contributed by atoms with Crippen LogP contribution in [0.4, 0.5) is 0 Å². The molecule has 0 radical (unpaired) electrons. The summed E-state index contributed by atoms with van der Waals surface area (Å²) in [6.45, 7) is 6.91. The number of unbranched alkanes of at least 4 members (excludes halogenated alkanes) is 4. The summed E-state index contributed by atoms with van der Waals surface area (Å²) in [6, 6.07) is 0. The van der Waals surface area contributed by atoms with Crippen LogP contribution in [0.3, 0.4) is 0 Å². The molecule has 0 saturated heterocycles. The molecule has 0 aliphatic rings. The van der Waals surface area contributed by atoms with Crippen molar-refractivity contribution in [2.45, 2.75) is 66.2 Å². The van der Waals surface area contributed by atoms with Crippen LogP contribution in [0.1, 0.15) is 66.2 Å². The summed E-state index contributed by atoms with van der Waals surface area (Å²) in [4.78, 5) is 22.5. The maximum atomic E-state index is 11.3. The van der Waals surface area contributed by atoms with Gasteiger partial charge >= 0.3 is 11.9 Å². The molecule has 0 saturated carbocycles. The summed E-state index contributed by atoms with van der Waals surface area (Å²) in [6.07, 6.45) is 5.99. The molecule has 18 heavy (non-hydrogen) atoms. The topological polar surface area (TPSA) is 74.6 Å². The van der Waals surface area contributed by atoms with Crippen molar-refractivity contribution >= 4 is 11.9 Å². The van der Waals surface area contributed by atoms with E-state index in [0.717, 1.165) is 25.7 Å². The predicted molar refractivity (Wildman–Crippen MR) is 70.5 cm³/mol. The molecule has 0 aromatic carbocycles. The van der Waals surface area contributed by atoms with Crippen LogP contribution in [0.15, 0.2) is 0 Å². The lowest BCUT2D eigenvalue weighted by Crippen LogP contribution is -2.48. The van der Waals surface area contributed by atoms with Gasteiger partial charge in [-0.05, 0) is 18.8 Å². The van der Waals surface area contributed by atoms with Crippen LogP contribution in [-0.4, -0.2) is 22.2 Å². The first-order chi connectivity index (χ1) is 8.20. The largest absolute Gasteiger partial charge is 0.480 e. The zero-order valence-electron chi connectivity index (χ0n) is 12.0. The third-order valence-corrected chi connectivity index (χ3v) is 4.11. The molecule has 0 bridgehead atoms. The van der Waals surface area contributed by atoms with Crippen molar-refractivity contribution < 1.29 is 19.8 Å². The lowest BCUT2D eigenvalue weighted by Gasteiger charge is -2.37. The van der Waals surface area contributed by atoms with Crippen LogP contribution < -0.4 is 0 Å². The summed E-state index contributed by atoms with van der Waals surface area (Å²) in [5, 5.41) is 18.4. The number of hydrogen-bond acceptors (Lipinski definition) is 2. The Bertz CT molecular complexity index is 280. The van der Waals surface area contributed by atoms with Crippen molar-refractivity contribution in [3.8, 4) is 0 Å². The second kappa shape index (κ2) is 6.76. The number of carboxylic acids is 2. The van der Waals surface area contributed by atoms with Gasteiger partial charge in [-0.15, -0.1) is 0 Å². The van der Waals surface area contributed by atoms with E-state index in [4.69, 9.17) is 0 Å². The highest BCUT2D eigenvalue weighted by molar-refractivity contribution is 5.98. The molecule has 0 aromatic heterocycles. The van der Waals surface area contributed by atoms with E-state index >= 15 is 0 Å². The average Bonchev–Trinajstić information content (AvgIpc) is 2.26. The van der Waals surface area contributed by atoms with Gasteiger partial charge in [-0.3, -0.25) is 9.59 Å². The monoisotopic (exact) mass is 258 g/mol. The lowest BCUT2D eigenvalue weighted by molar-refractivity contribution is -0.173. The minimum atomic E-state index is -1.72. The summed E-state index contributed by atoms with van der Waals surface area (Å²) in [5.74, 6) is -2.51. The van der Waals surface area contributed by atoms with E-state index in [2.05, 4.69) is 6.92 Å². The first kappa shape index (κ1) is 16.9. The van der Waals surface area contributed by atoms with Crippen molar-refractivity contribution in [3.05, 3.63) is 0 Å². The van der Waals surface area contributed by atoms with Crippen LogP contribution >= 0.6 is 0 Å². The van der Waals surface area contributed by atoms with E-state index in [-0.39, 0.29) is 0 Å². The quantitative estimate of drug-likeness (QED) is 0.490. The molecule has 0 aliphatic carbocycles. The first-order valence-corrected chi connectivity index (χ1v) is 6.67. The van der Waals surface area contributed by atoms with Crippen LogP contribution in [-0.2, 0) is 9.59 Å². The summed E-state index contributed by atoms with van der Waals surface area (Å²) in [5.41, 5.74) is -2.48. The Morgan fingerprint density at radius 2 is 1.33 bits per heavy atom. The van der Waals surface area contributed by atoms with E-state index < -0.39 is 22.8 Å². The van der Waals surface area contributed by atoms with Crippen molar-refractivity contribution in [3.63, 3.8) is 0 Å². The van der Waals surface area contributed by atoms with Gasteiger partial charge in [0, 0.05) is 0 Å². The van der Waals surface area contributed by atoms with Crippen LogP contribution in [0, 0.1) is 10.8 Å². The molecule has 4 heteroatoms. The summed E-state index contributed by atoms with van der Waals surface area (Å²) in [7, 11) is 0. The second-order valence-corrected chi connectivity index (χ2v) is 5.78. The van der Waals surface area contributed by atoms with Gasteiger partial charge in [0.1, 0.15) is 0 Å². The number of aliphatic carboxylic acids is 2. The molecule has 0 rings (SSSR count). The van der Waals surface area contributed by atoms with Gasteiger partial charge in [0.25, 0.3) is 0 Å². The van der Waals surface area contributed by atoms with Gasteiger partial charge in [-0.25, -0.2) is 0 Å². The summed E-state index contributed by atoms with van der Waals surface area (Å²) < 4.78 is 0. The van der Waals surface area contributed by atoms with Crippen molar-refractivity contribution in [2.24, 2.45) is 10.8 Å². The van der Waals surface area contributed by atoms with Crippen LogP contribution in [0.25, 0.3) is 0 Å². The zero-order valence-corrected chi connectivity index (χ0v) is 12.0. The minimum absolute atomic E-state index is 0.617. The Balaban J connectivity index is 4.58. The van der Waals surface area contributed by atoms with Crippen molar-refractivity contribution in [1.82, 2.24) is 0 Å². The fourth-order valence-corrected chi connectivity index (χ4v) is 2.09. The van der Waals surface area contributed by atoms with E-state index in [1.807, 2.05) is 0 Å². The van der Waals surface area contributed by atoms with Crippen molar-refractivity contribution in [1.29, 1.82) is 0 Å². The molecule has 0 fully saturated rings. The molecule has 4 nitrogen and oxygen atoms in total. The molecule has 0 unspecified atom stereocenters. The number of carboxylic acid groups (broad SMARTS) is 2. The fraction of sp³-hybridized carbons (Fsp3) is 0.857. The van der Waals surface area contributed by atoms with Gasteiger partial charge in [0.15, 0.2) is 5.41 Å². The van der Waals surface area contributed by atoms with Gasteiger partial charge in [0.2, 0.25) is 0 Å². The molecule has 0 aliphatic heterocycles. The van der Waals surface area contributed by atoms with Crippen LogP contribution in [0.2, 0.25) is 0 Å². The Morgan fingerprint density at radius 1 is 0.889 bits per heavy atom. The molecule has 0 heterocycles. The van der Waals surface area contributed by atoms with E-state index in [1.54, 1.807) is 13.8 Å². The smallest absolute Gasteiger partial charge is 0.321 e. The highest BCUT2D eigenvalue weighted by Crippen LogP contribution is 2.43. The van der Waals surface area contributed by atoms with Gasteiger partial charge in [-0.1, -0.05) is 52.9 Å². The Hall–Kier alpha value is -1.06. The van der Waals surface area contributed by atoms with Gasteiger partial charge in [-0.2, -0.15) is 0 Å². The average molecular weight is 258 g/mol. The molecule has 0 amide bonds. The SMILES string of the molecule is CCCCCCCC(C)(C)C(C)(C(=O)O)C(=O)O. The minimum Gasteiger partial charge on any atom is -0.480 e. The molecule has 0 spiro atoms. The third kappa shape index (κ3) is 3.72. The van der Waals surface area contributed by atoms with E-state index in [9.17, 15) is 19.8 Å². The molecular formula is C14H26O4. The van der Waals surface area contributed by atoms with Crippen LogP contribution in [0.5, 0.6) is 0 Å². The molecule has 0 aromatic rings. The Kier molecular flexibility index (Phi) is 6.36. The fourth-order valence-electron chi connectivity index (χ4n) is 2.09. The first-order valence-electron chi connectivity index (χ1n) is 6.67. The Morgan fingerprint density at radius 3 is 1.72 bits per heavy atom. The zero-order chi connectivity index (χ0) is 14.4.